The van der Waals surface area contributed by atoms with Gasteiger partial charge in [-0.05, 0) is 39.4 Å². The van der Waals surface area contributed by atoms with Crippen LogP contribution in [0.15, 0.2) is 15.8 Å². The molecule has 0 radical (unpaired) electrons. The Bertz CT molecular complexity index is 572. The second-order valence-corrected chi connectivity index (χ2v) is 5.86. The van der Waals surface area contributed by atoms with E-state index in [-0.39, 0.29) is 11.2 Å². The summed E-state index contributed by atoms with van der Waals surface area (Å²) in [6.07, 6.45) is 3.84. The minimum Gasteiger partial charge on any atom is -0.310 e. The molecule has 0 saturated heterocycles. The molecule has 1 heterocycles. The fourth-order valence-corrected chi connectivity index (χ4v) is 2.55. The molecule has 0 amide bonds. The Morgan fingerprint density at radius 3 is 2.45 bits per heavy atom. The van der Waals surface area contributed by atoms with Gasteiger partial charge in [0, 0.05) is 38.4 Å². The van der Waals surface area contributed by atoms with Gasteiger partial charge in [0.25, 0.3) is 5.56 Å². The summed E-state index contributed by atoms with van der Waals surface area (Å²) in [5.41, 5.74) is 0.118. The summed E-state index contributed by atoms with van der Waals surface area (Å²) in [4.78, 5) is 26.1. The zero-order chi connectivity index (χ0) is 16.7. The molecule has 126 valence electrons. The quantitative estimate of drug-likeness (QED) is 0.729. The first-order chi connectivity index (χ1) is 10.4. The van der Waals surface area contributed by atoms with Crippen molar-refractivity contribution in [2.45, 2.75) is 46.2 Å². The highest BCUT2D eigenvalue weighted by molar-refractivity contribution is 5.05. The molecule has 0 bridgehead atoms. The third-order valence-electron chi connectivity index (χ3n) is 4.16. The van der Waals surface area contributed by atoms with Crippen LogP contribution in [-0.2, 0) is 20.6 Å². The van der Waals surface area contributed by atoms with Crippen LogP contribution >= 0.6 is 0 Å². The van der Waals surface area contributed by atoms with Crippen molar-refractivity contribution in [3.8, 4) is 0 Å². The van der Waals surface area contributed by atoms with E-state index in [2.05, 4.69) is 31.0 Å². The maximum Gasteiger partial charge on any atom is 0.330 e. The molecule has 0 saturated carbocycles. The van der Waals surface area contributed by atoms with Crippen LogP contribution in [0.2, 0.25) is 0 Å². The number of hydrogen-bond acceptors (Lipinski definition) is 4. The Hall–Kier alpha value is -1.40. The smallest absolute Gasteiger partial charge is 0.310 e. The SMILES string of the molecule is CCN(CC)CCCC(C)NCc1cn(C)c(=O)n(C)c1=O. The number of nitrogens with zero attached hydrogens (tertiary/aromatic N) is 3. The van der Waals surface area contributed by atoms with E-state index in [9.17, 15) is 9.59 Å². The van der Waals surface area contributed by atoms with Crippen LogP contribution in [0.1, 0.15) is 39.2 Å². The molecule has 1 aromatic rings. The van der Waals surface area contributed by atoms with Crippen molar-refractivity contribution >= 4 is 0 Å². The molecule has 1 atom stereocenters. The third kappa shape index (κ3) is 5.10. The Labute approximate surface area is 132 Å². The number of hydrogen-bond donors (Lipinski definition) is 1. The predicted octanol–water partition coefficient (Wildman–Crippen LogP) is 0.684. The largest absolute Gasteiger partial charge is 0.330 e. The first-order valence-electron chi connectivity index (χ1n) is 8.11. The van der Waals surface area contributed by atoms with Gasteiger partial charge in [-0.15, -0.1) is 0 Å². The maximum atomic E-state index is 12.0. The summed E-state index contributed by atoms with van der Waals surface area (Å²) >= 11 is 0. The monoisotopic (exact) mass is 310 g/mol. The molecule has 0 fully saturated rings. The van der Waals surface area contributed by atoms with Crippen LogP contribution in [0.5, 0.6) is 0 Å². The van der Waals surface area contributed by atoms with E-state index in [0.717, 1.165) is 37.0 Å². The van der Waals surface area contributed by atoms with Crippen LogP contribution in [0.3, 0.4) is 0 Å². The lowest BCUT2D eigenvalue weighted by atomic mass is 10.1. The van der Waals surface area contributed by atoms with Gasteiger partial charge < -0.3 is 14.8 Å². The van der Waals surface area contributed by atoms with Crippen molar-refractivity contribution in [3.05, 3.63) is 32.6 Å². The van der Waals surface area contributed by atoms with Crippen molar-refractivity contribution in [3.63, 3.8) is 0 Å². The normalized spacial score (nSPS) is 12.8. The second-order valence-electron chi connectivity index (χ2n) is 5.86. The predicted molar refractivity (Wildman–Crippen MR) is 90.2 cm³/mol. The molecule has 0 aliphatic heterocycles. The summed E-state index contributed by atoms with van der Waals surface area (Å²) in [7, 11) is 3.18. The molecule has 0 aliphatic rings. The summed E-state index contributed by atoms with van der Waals surface area (Å²) in [5, 5.41) is 3.38. The molecule has 1 unspecified atom stereocenters. The van der Waals surface area contributed by atoms with Crippen LogP contribution in [0.4, 0.5) is 0 Å². The molecule has 0 spiro atoms. The second kappa shape index (κ2) is 8.90. The van der Waals surface area contributed by atoms with Crippen LogP contribution < -0.4 is 16.6 Å². The number of nitrogens with one attached hydrogen (secondary N) is 1. The minimum absolute atomic E-state index is 0.217. The molecule has 1 rings (SSSR count). The highest BCUT2D eigenvalue weighted by Gasteiger charge is 2.09. The molecule has 1 aromatic heterocycles. The van der Waals surface area contributed by atoms with E-state index in [1.165, 1.54) is 11.6 Å². The van der Waals surface area contributed by atoms with Gasteiger partial charge in [-0.25, -0.2) is 4.79 Å². The highest BCUT2D eigenvalue weighted by Crippen LogP contribution is 2.00. The first-order valence-corrected chi connectivity index (χ1v) is 8.11. The van der Waals surface area contributed by atoms with E-state index < -0.39 is 0 Å². The van der Waals surface area contributed by atoms with E-state index in [4.69, 9.17) is 0 Å². The van der Waals surface area contributed by atoms with Crippen LogP contribution in [0.25, 0.3) is 0 Å². The van der Waals surface area contributed by atoms with E-state index in [1.807, 2.05) is 0 Å². The molecular weight excluding hydrogens is 280 g/mol. The van der Waals surface area contributed by atoms with Gasteiger partial charge in [0.2, 0.25) is 0 Å². The summed E-state index contributed by atoms with van der Waals surface area (Å²) in [6.45, 7) is 10.3. The molecule has 22 heavy (non-hydrogen) atoms. The Morgan fingerprint density at radius 1 is 1.23 bits per heavy atom. The number of rotatable bonds is 9. The fourth-order valence-electron chi connectivity index (χ4n) is 2.55. The van der Waals surface area contributed by atoms with Crippen molar-refractivity contribution in [2.75, 3.05) is 19.6 Å². The highest BCUT2D eigenvalue weighted by atomic mass is 16.2. The lowest BCUT2D eigenvalue weighted by Crippen LogP contribution is -2.40. The average molecular weight is 310 g/mol. The van der Waals surface area contributed by atoms with E-state index in [0.29, 0.717) is 18.2 Å². The standard InChI is InChI=1S/C16H30N4O2/c1-6-20(7-2)10-8-9-13(3)17-11-14-12-18(4)16(22)19(5)15(14)21/h12-13,17H,6-11H2,1-5H3. The fraction of sp³-hybridized carbons (Fsp3) is 0.750. The maximum absolute atomic E-state index is 12.0. The Kier molecular flexibility index (Phi) is 7.55. The molecule has 0 aromatic carbocycles. The summed E-state index contributed by atoms with van der Waals surface area (Å²) < 4.78 is 2.60. The van der Waals surface area contributed by atoms with Crippen molar-refractivity contribution in [1.82, 2.24) is 19.4 Å². The Morgan fingerprint density at radius 2 is 1.86 bits per heavy atom. The lowest BCUT2D eigenvalue weighted by Gasteiger charge is -2.19. The summed E-state index contributed by atoms with van der Waals surface area (Å²) in [6, 6.07) is 0.345. The van der Waals surface area contributed by atoms with Gasteiger partial charge in [-0.3, -0.25) is 9.36 Å². The van der Waals surface area contributed by atoms with Crippen LogP contribution in [-0.4, -0.2) is 39.7 Å². The van der Waals surface area contributed by atoms with Gasteiger partial charge in [0.1, 0.15) is 0 Å². The Balaban J connectivity index is 2.50. The molecule has 6 nitrogen and oxygen atoms in total. The topological polar surface area (TPSA) is 59.3 Å². The van der Waals surface area contributed by atoms with Crippen molar-refractivity contribution in [1.29, 1.82) is 0 Å². The number of aromatic nitrogens is 2. The van der Waals surface area contributed by atoms with E-state index in [1.54, 1.807) is 13.2 Å². The first kappa shape index (κ1) is 18.6. The van der Waals surface area contributed by atoms with E-state index >= 15 is 0 Å². The van der Waals surface area contributed by atoms with Gasteiger partial charge >= 0.3 is 5.69 Å². The zero-order valence-electron chi connectivity index (χ0n) is 14.6. The average Bonchev–Trinajstić information content (AvgIpc) is 2.51. The lowest BCUT2D eigenvalue weighted by molar-refractivity contribution is 0.290. The summed E-state index contributed by atoms with van der Waals surface area (Å²) in [5.74, 6) is 0. The molecule has 6 heteroatoms. The zero-order valence-corrected chi connectivity index (χ0v) is 14.6. The minimum atomic E-state index is -0.291. The third-order valence-corrected chi connectivity index (χ3v) is 4.16. The van der Waals surface area contributed by atoms with Crippen LogP contribution in [0, 0.1) is 0 Å². The molecule has 1 N–H and O–H groups in total. The number of aryl methyl sites for hydroxylation is 1. The van der Waals surface area contributed by atoms with Crippen molar-refractivity contribution < 1.29 is 0 Å². The van der Waals surface area contributed by atoms with Crippen molar-refractivity contribution in [2.24, 2.45) is 14.1 Å². The van der Waals surface area contributed by atoms with Gasteiger partial charge in [-0.1, -0.05) is 13.8 Å². The van der Waals surface area contributed by atoms with Gasteiger partial charge in [0.15, 0.2) is 0 Å². The van der Waals surface area contributed by atoms with Gasteiger partial charge in [-0.2, -0.15) is 0 Å². The molecular formula is C16H30N4O2. The van der Waals surface area contributed by atoms with Gasteiger partial charge in [0.05, 0.1) is 0 Å². The molecule has 0 aliphatic carbocycles.